The molecule has 0 unspecified atom stereocenters. The summed E-state index contributed by atoms with van der Waals surface area (Å²) in [4.78, 5) is 14.7. The van der Waals surface area contributed by atoms with Gasteiger partial charge in [-0.25, -0.2) is 0 Å². The fourth-order valence-corrected chi connectivity index (χ4v) is 2.98. The molecule has 3 rings (SSSR count). The second-order valence-electron chi connectivity index (χ2n) is 6.55. The Balaban J connectivity index is 1.54. The standard InChI is InChI=1S/C21H27N3O2/c1-3-17-4-6-18(7-5-17)22-16(2)21(25)23-19-8-10-20(11-9-19)24-12-14-26-15-13-24/h4-11,16,22H,3,12-15H2,1-2H3,(H,23,25)/t16-/m0/s1. The van der Waals surface area contributed by atoms with Crippen LogP contribution in [0.15, 0.2) is 48.5 Å². The minimum Gasteiger partial charge on any atom is -0.378 e. The zero-order chi connectivity index (χ0) is 18.4. The third-order valence-corrected chi connectivity index (χ3v) is 4.65. The molecule has 26 heavy (non-hydrogen) atoms. The molecule has 1 heterocycles. The quantitative estimate of drug-likeness (QED) is 0.834. The van der Waals surface area contributed by atoms with Gasteiger partial charge in [-0.1, -0.05) is 19.1 Å². The molecule has 1 amide bonds. The van der Waals surface area contributed by atoms with Crippen molar-refractivity contribution in [1.29, 1.82) is 0 Å². The van der Waals surface area contributed by atoms with Crippen LogP contribution in [0.2, 0.25) is 0 Å². The van der Waals surface area contributed by atoms with E-state index in [-0.39, 0.29) is 11.9 Å². The van der Waals surface area contributed by atoms with Crippen LogP contribution in [-0.2, 0) is 16.0 Å². The first-order valence-electron chi connectivity index (χ1n) is 9.25. The van der Waals surface area contributed by atoms with Crippen LogP contribution in [0.5, 0.6) is 0 Å². The monoisotopic (exact) mass is 353 g/mol. The number of carbonyl (C=O) groups is 1. The Bertz CT molecular complexity index is 707. The lowest BCUT2D eigenvalue weighted by Crippen LogP contribution is -2.36. The van der Waals surface area contributed by atoms with Gasteiger partial charge in [-0.3, -0.25) is 4.79 Å². The number of hydrogen-bond donors (Lipinski definition) is 2. The lowest BCUT2D eigenvalue weighted by atomic mass is 10.1. The van der Waals surface area contributed by atoms with Gasteiger partial charge in [-0.2, -0.15) is 0 Å². The van der Waals surface area contributed by atoms with Crippen molar-refractivity contribution >= 4 is 23.0 Å². The Kier molecular flexibility index (Phi) is 6.12. The van der Waals surface area contributed by atoms with Gasteiger partial charge in [0, 0.05) is 30.2 Å². The van der Waals surface area contributed by atoms with Crippen molar-refractivity contribution in [3.05, 3.63) is 54.1 Å². The first-order valence-corrected chi connectivity index (χ1v) is 9.25. The second-order valence-corrected chi connectivity index (χ2v) is 6.55. The highest BCUT2D eigenvalue weighted by Gasteiger charge is 2.14. The number of ether oxygens (including phenoxy) is 1. The van der Waals surface area contributed by atoms with E-state index in [0.717, 1.165) is 49.8 Å². The van der Waals surface area contributed by atoms with Gasteiger partial charge in [0.05, 0.1) is 13.2 Å². The van der Waals surface area contributed by atoms with Crippen molar-refractivity contribution in [3.8, 4) is 0 Å². The molecule has 1 aliphatic rings. The SMILES string of the molecule is CCc1ccc(N[C@@H](C)C(=O)Nc2ccc(N3CCOCC3)cc2)cc1. The second kappa shape index (κ2) is 8.72. The molecule has 5 nitrogen and oxygen atoms in total. The van der Waals surface area contributed by atoms with E-state index >= 15 is 0 Å². The largest absolute Gasteiger partial charge is 0.378 e. The van der Waals surface area contributed by atoms with Crippen molar-refractivity contribution in [1.82, 2.24) is 0 Å². The summed E-state index contributed by atoms with van der Waals surface area (Å²) in [5.41, 5.74) is 4.20. The molecule has 0 saturated carbocycles. The van der Waals surface area contributed by atoms with Gasteiger partial charge >= 0.3 is 0 Å². The van der Waals surface area contributed by atoms with Crippen molar-refractivity contribution in [3.63, 3.8) is 0 Å². The van der Waals surface area contributed by atoms with Crippen LogP contribution in [0.1, 0.15) is 19.4 Å². The Labute approximate surface area is 155 Å². The van der Waals surface area contributed by atoms with Crippen LogP contribution in [0.4, 0.5) is 17.1 Å². The third kappa shape index (κ3) is 4.76. The summed E-state index contributed by atoms with van der Waals surface area (Å²) in [6, 6.07) is 15.9. The maximum Gasteiger partial charge on any atom is 0.246 e. The fourth-order valence-electron chi connectivity index (χ4n) is 2.98. The van der Waals surface area contributed by atoms with Crippen LogP contribution in [0.25, 0.3) is 0 Å². The molecular weight excluding hydrogens is 326 g/mol. The predicted molar refractivity (Wildman–Crippen MR) is 107 cm³/mol. The molecule has 2 aromatic rings. The molecule has 0 aliphatic carbocycles. The molecule has 138 valence electrons. The normalized spacial score (nSPS) is 15.4. The van der Waals surface area contributed by atoms with E-state index in [0.29, 0.717) is 0 Å². The number of hydrogen-bond acceptors (Lipinski definition) is 4. The summed E-state index contributed by atoms with van der Waals surface area (Å²) in [6.45, 7) is 7.34. The van der Waals surface area contributed by atoms with Crippen LogP contribution in [0.3, 0.4) is 0 Å². The molecule has 0 bridgehead atoms. The number of anilines is 3. The minimum absolute atomic E-state index is 0.0521. The molecule has 2 N–H and O–H groups in total. The first kappa shape index (κ1) is 18.3. The number of nitrogens with zero attached hydrogens (tertiary/aromatic N) is 1. The topological polar surface area (TPSA) is 53.6 Å². The van der Waals surface area contributed by atoms with E-state index in [4.69, 9.17) is 4.74 Å². The highest BCUT2D eigenvalue weighted by atomic mass is 16.5. The summed E-state index contributed by atoms with van der Waals surface area (Å²) in [7, 11) is 0. The summed E-state index contributed by atoms with van der Waals surface area (Å²) in [5, 5.41) is 6.21. The molecule has 1 atom stereocenters. The fraction of sp³-hybridized carbons (Fsp3) is 0.381. The van der Waals surface area contributed by atoms with E-state index in [2.05, 4.69) is 34.6 Å². The van der Waals surface area contributed by atoms with Gasteiger partial charge in [0.1, 0.15) is 6.04 Å². The van der Waals surface area contributed by atoms with Crippen molar-refractivity contribution in [2.75, 3.05) is 41.8 Å². The summed E-state index contributed by atoms with van der Waals surface area (Å²) in [6.07, 6.45) is 1.01. The van der Waals surface area contributed by atoms with Gasteiger partial charge in [0.15, 0.2) is 0 Å². The number of aryl methyl sites for hydroxylation is 1. The molecule has 1 fully saturated rings. The smallest absolute Gasteiger partial charge is 0.246 e. The Morgan fingerprint density at radius 3 is 2.27 bits per heavy atom. The van der Waals surface area contributed by atoms with Gasteiger partial charge < -0.3 is 20.3 Å². The molecule has 1 saturated heterocycles. The number of benzene rings is 2. The van der Waals surface area contributed by atoms with Gasteiger partial charge in [0.2, 0.25) is 5.91 Å². The lowest BCUT2D eigenvalue weighted by molar-refractivity contribution is -0.116. The Morgan fingerprint density at radius 2 is 1.65 bits per heavy atom. The van der Waals surface area contributed by atoms with Crippen LogP contribution >= 0.6 is 0 Å². The predicted octanol–water partition coefficient (Wildman–Crippen LogP) is 3.52. The van der Waals surface area contributed by atoms with E-state index in [1.165, 1.54) is 5.56 Å². The zero-order valence-electron chi connectivity index (χ0n) is 15.5. The third-order valence-electron chi connectivity index (χ3n) is 4.65. The molecule has 1 aliphatic heterocycles. The number of nitrogens with one attached hydrogen (secondary N) is 2. The van der Waals surface area contributed by atoms with Crippen LogP contribution in [0, 0.1) is 0 Å². The zero-order valence-corrected chi connectivity index (χ0v) is 15.5. The van der Waals surface area contributed by atoms with Gasteiger partial charge in [0.25, 0.3) is 0 Å². The molecule has 5 heteroatoms. The Hall–Kier alpha value is -2.53. The van der Waals surface area contributed by atoms with E-state index in [1.54, 1.807) is 0 Å². The average molecular weight is 353 g/mol. The van der Waals surface area contributed by atoms with E-state index in [9.17, 15) is 4.79 Å². The molecule has 0 radical (unpaired) electrons. The Morgan fingerprint density at radius 1 is 1.04 bits per heavy atom. The summed E-state index contributed by atoms with van der Waals surface area (Å²) < 4.78 is 5.38. The number of amides is 1. The summed E-state index contributed by atoms with van der Waals surface area (Å²) >= 11 is 0. The van der Waals surface area contributed by atoms with E-state index in [1.807, 2.05) is 43.3 Å². The average Bonchev–Trinajstić information content (AvgIpc) is 2.70. The number of morpholine rings is 1. The number of carbonyl (C=O) groups excluding carboxylic acids is 1. The van der Waals surface area contributed by atoms with Crippen LogP contribution < -0.4 is 15.5 Å². The van der Waals surface area contributed by atoms with Gasteiger partial charge in [-0.05, 0) is 55.3 Å². The maximum absolute atomic E-state index is 12.4. The molecule has 0 spiro atoms. The number of rotatable bonds is 6. The van der Waals surface area contributed by atoms with Crippen molar-refractivity contribution in [2.45, 2.75) is 26.3 Å². The molecular formula is C21H27N3O2. The lowest BCUT2D eigenvalue weighted by Gasteiger charge is -2.29. The molecule has 2 aromatic carbocycles. The summed E-state index contributed by atoms with van der Waals surface area (Å²) in [5.74, 6) is -0.0521. The van der Waals surface area contributed by atoms with Gasteiger partial charge in [-0.15, -0.1) is 0 Å². The minimum atomic E-state index is -0.318. The van der Waals surface area contributed by atoms with E-state index < -0.39 is 0 Å². The molecule has 0 aromatic heterocycles. The highest BCUT2D eigenvalue weighted by molar-refractivity contribution is 5.96. The van der Waals surface area contributed by atoms with Crippen LogP contribution in [-0.4, -0.2) is 38.3 Å². The van der Waals surface area contributed by atoms with Crippen molar-refractivity contribution < 1.29 is 9.53 Å². The maximum atomic E-state index is 12.4. The first-order chi connectivity index (χ1) is 12.7. The highest BCUT2D eigenvalue weighted by Crippen LogP contribution is 2.19. The van der Waals surface area contributed by atoms with Crippen molar-refractivity contribution in [2.24, 2.45) is 0 Å².